The number of nitrogens with zero attached hydrogens (tertiary/aromatic N) is 4. The fourth-order valence-corrected chi connectivity index (χ4v) is 2.29. The summed E-state index contributed by atoms with van der Waals surface area (Å²) in [7, 11) is 0. The molecule has 120 valence electrons. The molecule has 0 aliphatic rings. The number of amides is 1. The minimum absolute atomic E-state index is 0.162. The monoisotopic (exact) mass is 321 g/mol. The van der Waals surface area contributed by atoms with Gasteiger partial charge in [0.15, 0.2) is 5.69 Å². The Morgan fingerprint density at radius 3 is 2.75 bits per heavy atom. The zero-order valence-corrected chi connectivity index (χ0v) is 13.0. The molecule has 7 heteroatoms. The predicted octanol–water partition coefficient (Wildman–Crippen LogP) is 1.58. The quantitative estimate of drug-likeness (QED) is 0.583. The van der Waals surface area contributed by atoms with E-state index in [1.807, 2.05) is 6.07 Å². The van der Waals surface area contributed by atoms with Crippen molar-refractivity contribution in [2.75, 3.05) is 0 Å². The molecule has 0 radical (unpaired) electrons. The number of fused-ring (bicyclic) bond motifs is 1. The van der Waals surface area contributed by atoms with Gasteiger partial charge in [-0.1, -0.05) is 24.3 Å². The third-order valence-electron chi connectivity index (χ3n) is 3.45. The summed E-state index contributed by atoms with van der Waals surface area (Å²) in [6.07, 6.45) is 4.77. The van der Waals surface area contributed by atoms with Gasteiger partial charge in [0.05, 0.1) is 11.6 Å². The van der Waals surface area contributed by atoms with Crippen LogP contribution in [0.3, 0.4) is 0 Å². The lowest BCUT2D eigenvalue weighted by Crippen LogP contribution is -2.28. The molecule has 0 aliphatic heterocycles. The van der Waals surface area contributed by atoms with E-state index in [4.69, 9.17) is 0 Å². The lowest BCUT2D eigenvalue weighted by molar-refractivity contribution is 0.0949. The van der Waals surface area contributed by atoms with Crippen LogP contribution in [0.2, 0.25) is 0 Å². The topological polar surface area (TPSA) is 89.2 Å². The lowest BCUT2D eigenvalue weighted by Gasteiger charge is -2.08. The van der Waals surface area contributed by atoms with Crippen LogP contribution >= 0.6 is 0 Å². The molecule has 24 heavy (non-hydrogen) atoms. The summed E-state index contributed by atoms with van der Waals surface area (Å²) >= 11 is 0. The van der Waals surface area contributed by atoms with Gasteiger partial charge in [-0.25, -0.2) is 10.1 Å². The van der Waals surface area contributed by atoms with E-state index in [0.717, 1.165) is 5.56 Å². The molecular formula is C17H15N5O2. The maximum Gasteiger partial charge on any atom is 0.292 e. The van der Waals surface area contributed by atoms with E-state index < -0.39 is 5.91 Å². The van der Waals surface area contributed by atoms with E-state index in [-0.39, 0.29) is 11.3 Å². The highest BCUT2D eigenvalue weighted by molar-refractivity contribution is 6.04. The summed E-state index contributed by atoms with van der Waals surface area (Å²) in [6.45, 7) is 2.17. The molecule has 7 nitrogen and oxygen atoms in total. The Kier molecular flexibility index (Phi) is 4.42. The van der Waals surface area contributed by atoms with Crippen molar-refractivity contribution in [1.29, 1.82) is 0 Å². The largest absolute Gasteiger partial charge is 0.292 e. The van der Waals surface area contributed by atoms with E-state index in [2.05, 4.69) is 20.6 Å². The summed E-state index contributed by atoms with van der Waals surface area (Å²) in [6, 6.07) is 10.5. The molecule has 0 aliphatic carbocycles. The Balaban J connectivity index is 1.94. The minimum atomic E-state index is -0.478. The van der Waals surface area contributed by atoms with Gasteiger partial charge in [0.25, 0.3) is 11.5 Å². The summed E-state index contributed by atoms with van der Waals surface area (Å²) in [5.41, 5.74) is 3.14. The van der Waals surface area contributed by atoms with Gasteiger partial charge >= 0.3 is 0 Å². The maximum atomic E-state index is 12.4. The number of rotatable bonds is 4. The molecule has 0 bridgehead atoms. The number of carbonyl (C=O) groups excluding carboxylic acids is 1. The van der Waals surface area contributed by atoms with E-state index >= 15 is 0 Å². The average Bonchev–Trinajstić information content (AvgIpc) is 2.63. The van der Waals surface area contributed by atoms with Crippen molar-refractivity contribution in [3.05, 3.63) is 70.4 Å². The Morgan fingerprint density at radius 2 is 2.04 bits per heavy atom. The zero-order valence-electron chi connectivity index (χ0n) is 13.0. The molecule has 1 N–H and O–H groups in total. The highest BCUT2D eigenvalue weighted by atomic mass is 16.2. The van der Waals surface area contributed by atoms with Crippen LogP contribution < -0.4 is 11.0 Å². The van der Waals surface area contributed by atoms with Crippen molar-refractivity contribution in [2.24, 2.45) is 5.10 Å². The van der Waals surface area contributed by atoms with Gasteiger partial charge in [0, 0.05) is 29.9 Å². The Hall–Kier alpha value is -3.35. The standard InChI is InChI=1S/C17H15N5O2/c1-2-22-17(24)14-8-4-3-7-13(14)15(21-22)16(23)20-19-11-12-6-5-9-18-10-12/h3-11H,2H2,1H3,(H,20,23)/b19-11+. The molecule has 3 rings (SSSR count). The summed E-state index contributed by atoms with van der Waals surface area (Å²) in [5.74, 6) is -0.478. The van der Waals surface area contributed by atoms with Gasteiger partial charge in [-0.2, -0.15) is 10.2 Å². The van der Waals surface area contributed by atoms with Crippen LogP contribution in [0.15, 0.2) is 58.7 Å². The van der Waals surface area contributed by atoms with Crippen molar-refractivity contribution >= 4 is 22.9 Å². The zero-order chi connectivity index (χ0) is 16.9. The van der Waals surface area contributed by atoms with Crippen molar-refractivity contribution < 1.29 is 4.79 Å². The van der Waals surface area contributed by atoms with Crippen molar-refractivity contribution in [1.82, 2.24) is 20.2 Å². The van der Waals surface area contributed by atoms with Crippen molar-refractivity contribution in [3.8, 4) is 0 Å². The van der Waals surface area contributed by atoms with Crippen LogP contribution in [-0.2, 0) is 6.54 Å². The van der Waals surface area contributed by atoms with E-state index in [1.165, 1.54) is 10.9 Å². The van der Waals surface area contributed by atoms with Crippen LogP contribution in [0, 0.1) is 0 Å². The SMILES string of the molecule is CCn1nc(C(=O)N/N=C/c2cccnc2)c2ccccc2c1=O. The highest BCUT2D eigenvalue weighted by Crippen LogP contribution is 2.13. The maximum absolute atomic E-state index is 12.4. The first-order valence-corrected chi connectivity index (χ1v) is 7.44. The molecule has 0 atom stereocenters. The number of hydrazone groups is 1. The number of aromatic nitrogens is 3. The van der Waals surface area contributed by atoms with Gasteiger partial charge in [-0.3, -0.25) is 14.6 Å². The molecule has 0 fully saturated rings. The van der Waals surface area contributed by atoms with Gasteiger partial charge in [-0.15, -0.1) is 0 Å². The molecule has 3 aromatic rings. The first-order chi connectivity index (χ1) is 11.7. The van der Waals surface area contributed by atoms with Crippen LogP contribution in [0.4, 0.5) is 0 Å². The first-order valence-electron chi connectivity index (χ1n) is 7.44. The number of hydrogen-bond acceptors (Lipinski definition) is 5. The molecule has 0 unspecified atom stereocenters. The second-order valence-electron chi connectivity index (χ2n) is 5.00. The van der Waals surface area contributed by atoms with Gasteiger partial charge in [0.1, 0.15) is 0 Å². The van der Waals surface area contributed by atoms with Gasteiger partial charge in [-0.05, 0) is 19.1 Å². The van der Waals surface area contributed by atoms with Crippen LogP contribution in [0.1, 0.15) is 23.0 Å². The molecule has 0 spiro atoms. The number of aryl methyl sites for hydroxylation is 1. The van der Waals surface area contributed by atoms with E-state index in [0.29, 0.717) is 17.3 Å². The highest BCUT2D eigenvalue weighted by Gasteiger charge is 2.15. The fraction of sp³-hybridized carbons (Fsp3) is 0.118. The second kappa shape index (κ2) is 6.82. The van der Waals surface area contributed by atoms with Gasteiger partial charge in [0.2, 0.25) is 0 Å². The Labute approximate surface area is 137 Å². The first kappa shape index (κ1) is 15.5. The summed E-state index contributed by atoms with van der Waals surface area (Å²) in [5, 5.41) is 9.02. The van der Waals surface area contributed by atoms with Gasteiger partial charge < -0.3 is 0 Å². The number of pyridine rings is 1. The molecule has 0 saturated heterocycles. The van der Waals surface area contributed by atoms with Crippen molar-refractivity contribution in [2.45, 2.75) is 13.5 Å². The fourth-order valence-electron chi connectivity index (χ4n) is 2.29. The molecule has 2 aromatic heterocycles. The lowest BCUT2D eigenvalue weighted by atomic mass is 10.1. The summed E-state index contributed by atoms with van der Waals surface area (Å²) in [4.78, 5) is 28.6. The van der Waals surface area contributed by atoms with Crippen LogP contribution in [-0.4, -0.2) is 26.9 Å². The van der Waals surface area contributed by atoms with Crippen LogP contribution in [0.25, 0.3) is 10.8 Å². The molecule has 0 saturated carbocycles. The van der Waals surface area contributed by atoms with E-state index in [1.54, 1.807) is 49.6 Å². The predicted molar refractivity (Wildman–Crippen MR) is 91.0 cm³/mol. The number of benzene rings is 1. The minimum Gasteiger partial charge on any atom is -0.267 e. The number of carbonyl (C=O) groups is 1. The van der Waals surface area contributed by atoms with E-state index in [9.17, 15) is 9.59 Å². The number of nitrogens with one attached hydrogen (secondary N) is 1. The van der Waals surface area contributed by atoms with Crippen molar-refractivity contribution in [3.63, 3.8) is 0 Å². The normalized spacial score (nSPS) is 11.0. The Bertz CT molecular complexity index is 964. The third-order valence-corrected chi connectivity index (χ3v) is 3.45. The van der Waals surface area contributed by atoms with Crippen LogP contribution in [0.5, 0.6) is 0 Å². The molecular weight excluding hydrogens is 306 g/mol. The molecule has 1 amide bonds. The third kappa shape index (κ3) is 3.05. The molecule has 2 heterocycles. The Morgan fingerprint density at radius 1 is 1.25 bits per heavy atom. The average molecular weight is 321 g/mol. The summed E-state index contributed by atoms with van der Waals surface area (Å²) < 4.78 is 1.27. The molecule has 1 aromatic carbocycles. The second-order valence-corrected chi connectivity index (χ2v) is 5.00. The smallest absolute Gasteiger partial charge is 0.267 e. The number of hydrogen-bond donors (Lipinski definition) is 1.